The minimum atomic E-state index is -0.199. The Labute approximate surface area is 191 Å². The molecule has 0 spiro atoms. The lowest BCUT2D eigenvalue weighted by atomic mass is 9.96. The number of carbonyl (C=O) groups is 1. The number of halogens is 2. The van der Waals surface area contributed by atoms with Gasteiger partial charge in [-0.25, -0.2) is 4.98 Å². The first-order valence-electron chi connectivity index (χ1n) is 9.92. The van der Waals surface area contributed by atoms with Crippen LogP contribution in [0.4, 0.5) is 0 Å². The Bertz CT molecular complexity index is 1310. The lowest BCUT2D eigenvalue weighted by Crippen LogP contribution is -2.28. The van der Waals surface area contributed by atoms with Gasteiger partial charge in [0.25, 0.3) is 5.91 Å². The fourth-order valence-corrected chi connectivity index (χ4v) is 4.33. The highest BCUT2D eigenvalue weighted by atomic mass is 35.5. The maximum atomic E-state index is 13.5. The van der Waals surface area contributed by atoms with Crippen LogP contribution in [0.5, 0.6) is 0 Å². The largest absolute Gasteiger partial charge is 0.345 e. The van der Waals surface area contributed by atoms with E-state index >= 15 is 0 Å². The molecule has 1 amide bonds. The number of hydrogen-bond acceptors (Lipinski definition) is 3. The third kappa shape index (κ3) is 3.91. The van der Waals surface area contributed by atoms with E-state index in [-0.39, 0.29) is 11.9 Å². The van der Waals surface area contributed by atoms with Gasteiger partial charge in [0, 0.05) is 34.3 Å². The number of aryl methyl sites for hydroxylation is 1. The Morgan fingerprint density at radius 3 is 2.55 bits per heavy atom. The number of fused-ring (bicyclic) bond motifs is 1. The molecule has 0 saturated heterocycles. The number of carbonyl (C=O) groups excluding carboxylic acids is 1. The van der Waals surface area contributed by atoms with Crippen molar-refractivity contribution in [2.24, 2.45) is 7.05 Å². The smallest absolute Gasteiger partial charge is 0.252 e. The van der Waals surface area contributed by atoms with Gasteiger partial charge < -0.3 is 5.32 Å². The van der Waals surface area contributed by atoms with Crippen molar-refractivity contribution < 1.29 is 4.79 Å². The molecule has 158 valence electrons. The second-order valence-electron chi connectivity index (χ2n) is 7.61. The van der Waals surface area contributed by atoms with E-state index in [1.165, 1.54) is 0 Å². The third-order valence-corrected chi connectivity index (χ3v) is 6.18. The van der Waals surface area contributed by atoms with E-state index in [9.17, 15) is 4.79 Å². The van der Waals surface area contributed by atoms with E-state index in [1.54, 1.807) is 23.0 Å². The number of para-hydroxylation sites is 1. The fraction of sp³-hybridized carbons (Fsp3) is 0.208. The molecule has 1 unspecified atom stereocenters. The summed E-state index contributed by atoms with van der Waals surface area (Å²) in [6.45, 7) is 5.84. The van der Waals surface area contributed by atoms with Crippen molar-refractivity contribution in [3.8, 4) is 11.3 Å². The Hall–Kier alpha value is -2.89. The topological polar surface area (TPSA) is 59.8 Å². The molecule has 0 fully saturated rings. The van der Waals surface area contributed by atoms with Crippen LogP contribution in [0, 0.1) is 13.8 Å². The third-order valence-electron chi connectivity index (χ3n) is 5.64. The molecule has 1 N–H and O–H groups in total. The Kier molecular flexibility index (Phi) is 5.73. The summed E-state index contributed by atoms with van der Waals surface area (Å²) < 4.78 is 1.80. The molecule has 2 aromatic heterocycles. The Morgan fingerprint density at radius 1 is 1.13 bits per heavy atom. The van der Waals surface area contributed by atoms with Crippen LogP contribution in [-0.2, 0) is 7.05 Å². The highest BCUT2D eigenvalue weighted by molar-refractivity contribution is 6.36. The van der Waals surface area contributed by atoms with E-state index < -0.39 is 0 Å². The Morgan fingerprint density at radius 2 is 1.87 bits per heavy atom. The second kappa shape index (κ2) is 8.33. The van der Waals surface area contributed by atoms with Gasteiger partial charge in [-0.05, 0) is 50.6 Å². The van der Waals surface area contributed by atoms with Crippen LogP contribution in [0.25, 0.3) is 22.2 Å². The molecule has 0 aliphatic carbocycles. The van der Waals surface area contributed by atoms with Gasteiger partial charge in [-0.15, -0.1) is 0 Å². The van der Waals surface area contributed by atoms with Gasteiger partial charge in [-0.1, -0.05) is 41.4 Å². The number of hydrogen-bond donors (Lipinski definition) is 1. The van der Waals surface area contributed by atoms with Crippen LogP contribution in [0.1, 0.15) is 40.1 Å². The van der Waals surface area contributed by atoms with Gasteiger partial charge in [-0.3, -0.25) is 9.48 Å². The van der Waals surface area contributed by atoms with E-state index in [1.807, 2.05) is 58.2 Å². The number of pyridine rings is 1. The molecule has 0 bridgehead atoms. The first-order chi connectivity index (χ1) is 14.8. The Balaban J connectivity index is 1.83. The molecule has 4 aromatic rings. The normalized spacial score (nSPS) is 12.2. The van der Waals surface area contributed by atoms with Crippen molar-refractivity contribution in [1.82, 2.24) is 20.1 Å². The summed E-state index contributed by atoms with van der Waals surface area (Å²) in [5.74, 6) is -0.168. The van der Waals surface area contributed by atoms with Gasteiger partial charge in [0.05, 0.1) is 34.0 Å². The summed E-state index contributed by atoms with van der Waals surface area (Å²) in [6.07, 6.45) is 1.79. The SMILES string of the molecule is Cc1c(-c2ccc(Cl)cc2Cl)nc2ccccc2c1C(=O)NC(C)c1cnn(C)c1C. The van der Waals surface area contributed by atoms with Gasteiger partial charge in [-0.2, -0.15) is 5.10 Å². The minimum absolute atomic E-state index is 0.168. The first-order valence-corrected chi connectivity index (χ1v) is 10.7. The van der Waals surface area contributed by atoms with Crippen molar-refractivity contribution in [1.29, 1.82) is 0 Å². The number of nitrogens with zero attached hydrogens (tertiary/aromatic N) is 3. The lowest BCUT2D eigenvalue weighted by Gasteiger charge is -2.18. The van der Waals surface area contributed by atoms with E-state index in [4.69, 9.17) is 28.2 Å². The molecule has 4 rings (SSSR count). The van der Waals surface area contributed by atoms with Gasteiger partial charge in [0.2, 0.25) is 0 Å². The molecule has 2 heterocycles. The summed E-state index contributed by atoms with van der Waals surface area (Å²) in [7, 11) is 1.88. The van der Waals surface area contributed by atoms with Crippen molar-refractivity contribution in [3.63, 3.8) is 0 Å². The van der Waals surface area contributed by atoms with Gasteiger partial charge in [0.15, 0.2) is 0 Å². The van der Waals surface area contributed by atoms with Crippen LogP contribution >= 0.6 is 23.2 Å². The van der Waals surface area contributed by atoms with Crippen LogP contribution in [-0.4, -0.2) is 20.7 Å². The van der Waals surface area contributed by atoms with Crippen LogP contribution < -0.4 is 5.32 Å². The van der Waals surface area contributed by atoms with Crippen molar-refractivity contribution in [2.45, 2.75) is 26.8 Å². The molecular formula is C24H22Cl2N4O. The van der Waals surface area contributed by atoms with Crippen LogP contribution in [0.3, 0.4) is 0 Å². The van der Waals surface area contributed by atoms with E-state index in [0.717, 1.165) is 33.3 Å². The number of benzene rings is 2. The molecule has 0 saturated carbocycles. The average molecular weight is 453 g/mol. The molecular weight excluding hydrogens is 431 g/mol. The maximum Gasteiger partial charge on any atom is 0.252 e. The predicted octanol–water partition coefficient (Wildman–Crippen LogP) is 6.05. The molecule has 1 atom stereocenters. The van der Waals surface area contributed by atoms with Crippen LogP contribution in [0.15, 0.2) is 48.7 Å². The molecule has 31 heavy (non-hydrogen) atoms. The summed E-state index contributed by atoms with van der Waals surface area (Å²) >= 11 is 12.5. The summed E-state index contributed by atoms with van der Waals surface area (Å²) in [4.78, 5) is 18.3. The summed E-state index contributed by atoms with van der Waals surface area (Å²) in [5, 5.41) is 9.24. The lowest BCUT2D eigenvalue weighted by molar-refractivity contribution is 0.0941. The standard InChI is InChI=1S/C24H22Cl2N4O/c1-13-22(24(31)28-14(2)19-12-27-30(4)15(19)3)18-7-5-6-8-21(18)29-23(13)17-10-9-16(25)11-20(17)26/h5-12,14H,1-4H3,(H,28,31). The number of amides is 1. The second-order valence-corrected chi connectivity index (χ2v) is 8.45. The first kappa shape index (κ1) is 21.3. The van der Waals surface area contributed by atoms with Crippen molar-refractivity contribution in [2.75, 3.05) is 0 Å². The molecule has 0 aliphatic rings. The average Bonchev–Trinajstić information content (AvgIpc) is 3.06. The number of rotatable bonds is 4. The van der Waals surface area contributed by atoms with Gasteiger partial charge in [0.1, 0.15) is 0 Å². The molecule has 0 radical (unpaired) electrons. The zero-order valence-corrected chi connectivity index (χ0v) is 19.2. The predicted molar refractivity (Wildman–Crippen MR) is 126 cm³/mol. The summed E-state index contributed by atoms with van der Waals surface area (Å²) in [5.41, 5.74) is 5.46. The zero-order chi connectivity index (χ0) is 22.3. The van der Waals surface area contributed by atoms with E-state index in [0.29, 0.717) is 21.3 Å². The molecule has 0 aliphatic heterocycles. The zero-order valence-electron chi connectivity index (χ0n) is 17.7. The van der Waals surface area contributed by atoms with E-state index in [2.05, 4.69) is 10.4 Å². The maximum absolute atomic E-state index is 13.5. The molecule has 2 aromatic carbocycles. The highest BCUT2D eigenvalue weighted by Gasteiger charge is 2.22. The number of aromatic nitrogens is 3. The fourth-order valence-electron chi connectivity index (χ4n) is 3.83. The highest BCUT2D eigenvalue weighted by Crippen LogP contribution is 2.35. The monoisotopic (exact) mass is 452 g/mol. The minimum Gasteiger partial charge on any atom is -0.345 e. The van der Waals surface area contributed by atoms with Gasteiger partial charge >= 0.3 is 0 Å². The number of nitrogens with one attached hydrogen (secondary N) is 1. The molecule has 5 nitrogen and oxygen atoms in total. The summed E-state index contributed by atoms with van der Waals surface area (Å²) in [6, 6.07) is 12.7. The quantitative estimate of drug-likeness (QED) is 0.409. The van der Waals surface area contributed by atoms with Crippen molar-refractivity contribution >= 4 is 40.0 Å². The molecule has 7 heteroatoms. The van der Waals surface area contributed by atoms with Crippen molar-refractivity contribution in [3.05, 3.63) is 81.1 Å². The van der Waals surface area contributed by atoms with Crippen LogP contribution in [0.2, 0.25) is 10.0 Å².